The van der Waals surface area contributed by atoms with Gasteiger partial charge in [-0.2, -0.15) is 0 Å². The maximum atomic E-state index is 12.0. The van der Waals surface area contributed by atoms with E-state index in [0.717, 1.165) is 10.2 Å². The fourth-order valence-electron chi connectivity index (χ4n) is 2.50. The van der Waals surface area contributed by atoms with Crippen molar-refractivity contribution in [2.45, 2.75) is 12.5 Å². The number of nitrogens with one attached hydrogen (secondary N) is 1. The van der Waals surface area contributed by atoms with Crippen LogP contribution in [0.2, 0.25) is 0 Å². The van der Waals surface area contributed by atoms with Crippen molar-refractivity contribution >= 4 is 33.1 Å². The van der Waals surface area contributed by atoms with Crippen LogP contribution >= 0.6 is 15.9 Å². The highest BCUT2D eigenvalue weighted by Gasteiger charge is 2.36. The summed E-state index contributed by atoms with van der Waals surface area (Å²) in [5, 5.41) is 12.8. The van der Waals surface area contributed by atoms with Crippen LogP contribution in [0.15, 0.2) is 39.9 Å². The predicted octanol–water partition coefficient (Wildman–Crippen LogP) is 1.86. The van der Waals surface area contributed by atoms with Crippen molar-refractivity contribution < 1.29 is 5.11 Å². The van der Waals surface area contributed by atoms with Gasteiger partial charge in [-0.15, -0.1) is 0 Å². The van der Waals surface area contributed by atoms with E-state index in [2.05, 4.69) is 31.1 Å². The van der Waals surface area contributed by atoms with Crippen molar-refractivity contribution in [1.29, 1.82) is 0 Å². The Bertz CT molecular complexity index is 747. The number of aliphatic hydroxyl groups is 1. The third-order valence-electron chi connectivity index (χ3n) is 3.59. The van der Waals surface area contributed by atoms with E-state index in [9.17, 15) is 9.90 Å². The monoisotopic (exact) mass is 364 g/mol. The molecule has 0 radical (unpaired) electrons. The van der Waals surface area contributed by atoms with E-state index < -0.39 is 5.60 Å². The molecule has 3 rings (SSSR count). The van der Waals surface area contributed by atoms with Crippen molar-refractivity contribution in [2.24, 2.45) is 7.05 Å². The predicted molar refractivity (Wildman–Crippen MR) is 89.7 cm³/mol. The first-order valence-corrected chi connectivity index (χ1v) is 7.70. The fraction of sp³-hybridized carbons (Fsp3) is 0.333. The molecule has 2 N–H and O–H groups in total. The smallest absolute Gasteiger partial charge is 0.274 e. The van der Waals surface area contributed by atoms with Gasteiger partial charge in [0, 0.05) is 30.8 Å². The molecule has 2 aromatic heterocycles. The molecule has 0 aliphatic carbocycles. The number of pyridine rings is 2. The summed E-state index contributed by atoms with van der Waals surface area (Å²) in [6.07, 6.45) is 3.44. The van der Waals surface area contributed by atoms with E-state index in [4.69, 9.17) is 0 Å². The minimum atomic E-state index is -0.612. The summed E-state index contributed by atoms with van der Waals surface area (Å²) in [5.41, 5.74) is 0.690. The summed E-state index contributed by atoms with van der Waals surface area (Å²) in [7, 11) is 1.70. The van der Waals surface area contributed by atoms with Gasteiger partial charge in [0.25, 0.3) is 5.56 Å². The van der Waals surface area contributed by atoms with E-state index in [1.165, 1.54) is 4.57 Å². The number of rotatable bonds is 3. The summed E-state index contributed by atoms with van der Waals surface area (Å²) in [5.74, 6) is 0.603. The quantitative estimate of drug-likeness (QED) is 0.869. The van der Waals surface area contributed by atoms with Gasteiger partial charge in [-0.05, 0) is 41.1 Å². The summed E-state index contributed by atoms with van der Waals surface area (Å²) in [6.45, 7) is 3.02. The fourth-order valence-corrected chi connectivity index (χ4v) is 3.04. The normalized spacial score (nSPS) is 16.3. The highest BCUT2D eigenvalue weighted by Crippen LogP contribution is 2.27. The molecule has 3 heterocycles. The van der Waals surface area contributed by atoms with Crippen molar-refractivity contribution in [2.75, 3.05) is 23.3 Å². The molecule has 22 heavy (non-hydrogen) atoms. The van der Waals surface area contributed by atoms with E-state index in [0.29, 0.717) is 24.6 Å². The van der Waals surface area contributed by atoms with Crippen LogP contribution in [0.3, 0.4) is 0 Å². The van der Waals surface area contributed by atoms with E-state index in [1.807, 2.05) is 19.1 Å². The molecule has 0 saturated carbocycles. The molecule has 1 aliphatic heterocycles. The molecular weight excluding hydrogens is 348 g/mol. The highest BCUT2D eigenvalue weighted by molar-refractivity contribution is 9.10. The number of nitrogens with zero attached hydrogens (tertiary/aromatic N) is 3. The van der Waals surface area contributed by atoms with Crippen LogP contribution in [0.1, 0.15) is 6.92 Å². The summed E-state index contributed by atoms with van der Waals surface area (Å²) >= 11 is 3.37. The van der Waals surface area contributed by atoms with E-state index in [1.54, 1.807) is 25.5 Å². The second-order valence-corrected chi connectivity index (χ2v) is 6.78. The summed E-state index contributed by atoms with van der Waals surface area (Å²) < 4.78 is 2.32. The molecule has 0 atom stereocenters. The topological polar surface area (TPSA) is 70.4 Å². The minimum absolute atomic E-state index is 0.118. The minimum Gasteiger partial charge on any atom is -0.386 e. The lowest BCUT2D eigenvalue weighted by Gasteiger charge is -2.45. The Kier molecular flexibility index (Phi) is 3.70. The molecule has 0 unspecified atom stereocenters. The van der Waals surface area contributed by atoms with Gasteiger partial charge >= 0.3 is 0 Å². The molecule has 1 saturated heterocycles. The maximum absolute atomic E-state index is 12.0. The standard InChI is InChI=1S/C15H17BrN4O2/c1-15(22)8-20(9-15)11-3-4-13(17-6-11)18-12-5-10(16)7-19(2)14(12)21/h3-7,22H,8-9H2,1-2H3,(H,17,18). The van der Waals surface area contributed by atoms with Gasteiger partial charge in [-0.3, -0.25) is 4.79 Å². The third kappa shape index (κ3) is 3.00. The Labute approximate surface area is 136 Å². The lowest BCUT2D eigenvalue weighted by molar-refractivity contribution is 0.0310. The highest BCUT2D eigenvalue weighted by atomic mass is 79.9. The number of hydrogen-bond acceptors (Lipinski definition) is 5. The molecule has 0 spiro atoms. The zero-order valence-corrected chi connectivity index (χ0v) is 14.0. The Balaban J connectivity index is 1.76. The van der Waals surface area contributed by atoms with Crippen LogP contribution < -0.4 is 15.8 Å². The number of halogens is 1. The van der Waals surface area contributed by atoms with Crippen LogP contribution in [0, 0.1) is 0 Å². The number of aromatic nitrogens is 2. The Morgan fingerprint density at radius 1 is 1.41 bits per heavy atom. The molecule has 0 aromatic carbocycles. The van der Waals surface area contributed by atoms with Crippen molar-refractivity contribution in [1.82, 2.24) is 9.55 Å². The number of β-amino-alcohol motifs (C(OH)–C–C–N with tert-alkyl or cyclic N) is 1. The third-order valence-corrected chi connectivity index (χ3v) is 4.02. The second kappa shape index (κ2) is 5.40. The van der Waals surface area contributed by atoms with Crippen LogP contribution in [0.5, 0.6) is 0 Å². The van der Waals surface area contributed by atoms with Gasteiger partial charge in [0.2, 0.25) is 0 Å². The largest absolute Gasteiger partial charge is 0.386 e. The van der Waals surface area contributed by atoms with Crippen LogP contribution in [0.25, 0.3) is 0 Å². The second-order valence-electron chi connectivity index (χ2n) is 5.87. The zero-order valence-electron chi connectivity index (χ0n) is 12.4. The SMILES string of the molecule is Cn1cc(Br)cc(Nc2ccc(N3CC(C)(O)C3)cn2)c1=O. The molecule has 2 aromatic rings. The lowest BCUT2D eigenvalue weighted by Crippen LogP contribution is -2.60. The Morgan fingerprint density at radius 3 is 2.73 bits per heavy atom. The molecular formula is C15H17BrN4O2. The average molecular weight is 365 g/mol. The van der Waals surface area contributed by atoms with Crippen molar-refractivity contribution in [3.05, 3.63) is 45.4 Å². The van der Waals surface area contributed by atoms with Gasteiger partial charge in [0.1, 0.15) is 11.5 Å². The maximum Gasteiger partial charge on any atom is 0.274 e. The molecule has 0 amide bonds. The Hall–Kier alpha value is -1.86. The molecule has 1 aliphatic rings. The zero-order chi connectivity index (χ0) is 15.9. The van der Waals surface area contributed by atoms with Gasteiger partial charge in [-0.1, -0.05) is 0 Å². The Morgan fingerprint density at radius 2 is 2.14 bits per heavy atom. The molecule has 1 fully saturated rings. The van der Waals surface area contributed by atoms with Gasteiger partial charge in [0.05, 0.1) is 17.5 Å². The van der Waals surface area contributed by atoms with Crippen molar-refractivity contribution in [3.8, 4) is 0 Å². The molecule has 0 bridgehead atoms. The van der Waals surface area contributed by atoms with Crippen LogP contribution in [-0.4, -0.2) is 33.3 Å². The summed E-state index contributed by atoms with van der Waals surface area (Å²) in [4.78, 5) is 18.4. The molecule has 6 nitrogen and oxygen atoms in total. The van der Waals surface area contributed by atoms with E-state index >= 15 is 0 Å². The summed E-state index contributed by atoms with van der Waals surface area (Å²) in [6, 6.07) is 5.47. The lowest BCUT2D eigenvalue weighted by atomic mass is 9.96. The molecule has 116 valence electrons. The van der Waals surface area contributed by atoms with Gasteiger partial charge in [-0.25, -0.2) is 4.98 Å². The average Bonchev–Trinajstić information content (AvgIpc) is 2.42. The number of aryl methyl sites for hydroxylation is 1. The first kappa shape index (κ1) is 15.1. The van der Waals surface area contributed by atoms with Crippen molar-refractivity contribution in [3.63, 3.8) is 0 Å². The van der Waals surface area contributed by atoms with Crippen LogP contribution in [0.4, 0.5) is 17.2 Å². The first-order chi connectivity index (χ1) is 10.3. The number of anilines is 3. The van der Waals surface area contributed by atoms with Crippen LogP contribution in [-0.2, 0) is 7.05 Å². The molecule has 7 heteroatoms. The first-order valence-electron chi connectivity index (χ1n) is 6.91. The van der Waals surface area contributed by atoms with Gasteiger partial charge in [0.15, 0.2) is 0 Å². The number of hydrogen-bond donors (Lipinski definition) is 2. The van der Waals surface area contributed by atoms with Gasteiger partial charge < -0.3 is 19.9 Å². The van der Waals surface area contributed by atoms with E-state index in [-0.39, 0.29) is 5.56 Å².